The molecule has 0 aliphatic heterocycles. The van der Waals surface area contributed by atoms with Crippen molar-refractivity contribution in [2.45, 2.75) is 23.3 Å². The molecular weight excluding hydrogens is 476 g/mol. The Morgan fingerprint density at radius 1 is 1.18 bits per heavy atom. The number of carbonyl (C=O) groups excluding carboxylic acids is 1. The first-order valence-electron chi connectivity index (χ1n) is 10.3. The molecule has 0 fully saturated rings. The predicted molar refractivity (Wildman–Crippen MR) is 127 cm³/mol. The lowest BCUT2D eigenvalue weighted by Gasteiger charge is -2.08. The van der Waals surface area contributed by atoms with Crippen molar-refractivity contribution >= 4 is 49.2 Å². The van der Waals surface area contributed by atoms with Crippen molar-refractivity contribution in [3.05, 3.63) is 77.1 Å². The minimum atomic E-state index is -3.99. The lowest BCUT2D eigenvalue weighted by molar-refractivity contribution is 0.0942. The van der Waals surface area contributed by atoms with Gasteiger partial charge in [-0.1, -0.05) is 11.6 Å². The number of sulfone groups is 1. The molecule has 0 saturated heterocycles. The normalized spacial score (nSPS) is 11.9. The second kappa shape index (κ2) is 8.23. The number of H-pyrrole nitrogens is 1. The highest BCUT2D eigenvalue weighted by molar-refractivity contribution is 7.91. The molecule has 0 aliphatic rings. The smallest absolute Gasteiger partial charge is 0.268 e. The number of aryl methyl sites for hydroxylation is 1. The van der Waals surface area contributed by atoms with Crippen LogP contribution in [0, 0.1) is 6.92 Å². The second-order valence-corrected chi connectivity index (χ2v) is 10.1. The number of benzene rings is 1. The van der Waals surface area contributed by atoms with Crippen molar-refractivity contribution in [3.63, 3.8) is 0 Å². The number of carbonyl (C=O) groups is 1. The minimum Gasteiger partial charge on any atom is -0.345 e. The summed E-state index contributed by atoms with van der Waals surface area (Å²) in [6.07, 6.45) is 4.87. The van der Waals surface area contributed by atoms with E-state index in [1.165, 1.54) is 16.7 Å². The van der Waals surface area contributed by atoms with Gasteiger partial charge in [0, 0.05) is 30.2 Å². The standard InChI is InChI=1S/C23H19ClN6O3S/c1-13-8-15(9-14-11-28-29-21(13)14)34(32,33)20-10-19(30(2)22(20)24)23(31)27-12-18-16-4-3-6-25-17(16)5-7-26-18/h3-11H,12H2,1-2H3,(H,27,31)(H,28,29). The number of amides is 1. The van der Waals surface area contributed by atoms with Gasteiger partial charge in [-0.2, -0.15) is 5.10 Å². The second-order valence-electron chi connectivity index (χ2n) is 7.83. The summed E-state index contributed by atoms with van der Waals surface area (Å²) in [5.41, 5.74) is 3.02. The Bertz CT molecular complexity index is 1680. The third kappa shape index (κ3) is 3.61. The molecule has 5 rings (SSSR count). The number of hydrogen-bond acceptors (Lipinski definition) is 6. The van der Waals surface area contributed by atoms with E-state index in [0.717, 1.165) is 22.0 Å². The van der Waals surface area contributed by atoms with E-state index in [1.807, 2.05) is 6.07 Å². The fraction of sp³-hybridized carbons (Fsp3) is 0.130. The van der Waals surface area contributed by atoms with Crippen molar-refractivity contribution in [1.82, 2.24) is 30.0 Å². The number of fused-ring (bicyclic) bond motifs is 2. The average Bonchev–Trinajstić information content (AvgIpc) is 3.43. The summed E-state index contributed by atoms with van der Waals surface area (Å²) >= 11 is 6.39. The lowest BCUT2D eigenvalue weighted by atomic mass is 10.2. The third-order valence-electron chi connectivity index (χ3n) is 5.71. The molecule has 0 saturated carbocycles. The monoisotopic (exact) mass is 494 g/mol. The van der Waals surface area contributed by atoms with Gasteiger partial charge >= 0.3 is 0 Å². The molecule has 5 aromatic rings. The van der Waals surface area contributed by atoms with E-state index in [0.29, 0.717) is 11.1 Å². The Labute approximate surface area is 199 Å². The Kier molecular flexibility index (Phi) is 5.34. The highest BCUT2D eigenvalue weighted by atomic mass is 35.5. The maximum Gasteiger partial charge on any atom is 0.268 e. The minimum absolute atomic E-state index is 0.0532. The number of nitrogens with zero attached hydrogens (tertiary/aromatic N) is 4. The summed E-state index contributed by atoms with van der Waals surface area (Å²) in [6, 6.07) is 9.84. The number of aromatic nitrogens is 5. The van der Waals surface area contributed by atoms with Crippen LogP contribution in [0.15, 0.2) is 64.8 Å². The Balaban J connectivity index is 1.46. The zero-order valence-corrected chi connectivity index (χ0v) is 19.8. The number of aromatic amines is 1. The summed E-state index contributed by atoms with van der Waals surface area (Å²) < 4.78 is 28.2. The number of halogens is 1. The molecule has 1 aromatic carbocycles. The van der Waals surface area contributed by atoms with Crippen LogP contribution in [0.2, 0.25) is 5.15 Å². The lowest BCUT2D eigenvalue weighted by Crippen LogP contribution is -2.25. The molecule has 0 unspecified atom stereocenters. The molecule has 2 N–H and O–H groups in total. The molecular formula is C23H19ClN6O3S. The van der Waals surface area contributed by atoms with E-state index in [1.54, 1.807) is 50.8 Å². The first-order chi connectivity index (χ1) is 16.3. The van der Waals surface area contributed by atoms with Crippen LogP contribution < -0.4 is 5.32 Å². The van der Waals surface area contributed by atoms with Gasteiger partial charge in [0.1, 0.15) is 15.7 Å². The van der Waals surface area contributed by atoms with E-state index < -0.39 is 15.7 Å². The average molecular weight is 495 g/mol. The maximum absolute atomic E-state index is 13.4. The summed E-state index contributed by atoms with van der Waals surface area (Å²) in [5, 5.41) is 11.0. The SMILES string of the molecule is Cc1cc(S(=O)(=O)c2cc(C(=O)NCc3nccc4ncccc34)n(C)c2Cl)cc2cn[nH]c12. The summed E-state index contributed by atoms with van der Waals surface area (Å²) in [5.74, 6) is -0.477. The zero-order chi connectivity index (χ0) is 24.0. The van der Waals surface area contributed by atoms with Crippen LogP contribution in [0.3, 0.4) is 0 Å². The summed E-state index contributed by atoms with van der Waals surface area (Å²) in [4.78, 5) is 21.5. The van der Waals surface area contributed by atoms with E-state index >= 15 is 0 Å². The molecule has 0 atom stereocenters. The van der Waals surface area contributed by atoms with Crippen LogP contribution in [0.25, 0.3) is 21.8 Å². The topological polar surface area (TPSA) is 123 Å². The molecule has 1 amide bonds. The summed E-state index contributed by atoms with van der Waals surface area (Å²) in [6.45, 7) is 1.94. The maximum atomic E-state index is 13.4. The summed E-state index contributed by atoms with van der Waals surface area (Å²) in [7, 11) is -2.45. The molecule has 34 heavy (non-hydrogen) atoms. The van der Waals surface area contributed by atoms with Gasteiger partial charge < -0.3 is 9.88 Å². The van der Waals surface area contributed by atoms with Crippen LogP contribution >= 0.6 is 11.6 Å². The highest BCUT2D eigenvalue weighted by Crippen LogP contribution is 2.32. The molecule has 9 nitrogen and oxygen atoms in total. The number of rotatable bonds is 5. The van der Waals surface area contributed by atoms with Crippen LogP contribution in [0.1, 0.15) is 21.7 Å². The fourth-order valence-corrected chi connectivity index (χ4v) is 5.84. The number of hydrogen-bond donors (Lipinski definition) is 2. The molecule has 172 valence electrons. The zero-order valence-electron chi connectivity index (χ0n) is 18.2. The largest absolute Gasteiger partial charge is 0.345 e. The van der Waals surface area contributed by atoms with Gasteiger partial charge in [-0.3, -0.25) is 19.9 Å². The van der Waals surface area contributed by atoms with Crippen molar-refractivity contribution in [2.24, 2.45) is 7.05 Å². The van der Waals surface area contributed by atoms with Gasteiger partial charge in [-0.25, -0.2) is 8.42 Å². The van der Waals surface area contributed by atoms with Crippen LogP contribution in [-0.2, 0) is 23.4 Å². The van der Waals surface area contributed by atoms with Crippen LogP contribution in [0.5, 0.6) is 0 Å². The van der Waals surface area contributed by atoms with Crippen molar-refractivity contribution in [1.29, 1.82) is 0 Å². The van der Waals surface area contributed by atoms with Gasteiger partial charge in [0.2, 0.25) is 9.84 Å². The van der Waals surface area contributed by atoms with Gasteiger partial charge in [0.25, 0.3) is 5.91 Å². The van der Waals surface area contributed by atoms with Crippen molar-refractivity contribution in [2.75, 3.05) is 0 Å². The van der Waals surface area contributed by atoms with E-state index in [4.69, 9.17) is 11.6 Å². The number of nitrogens with one attached hydrogen (secondary N) is 2. The molecule has 11 heteroatoms. The Morgan fingerprint density at radius 2 is 2.00 bits per heavy atom. The van der Waals surface area contributed by atoms with Crippen LogP contribution in [0.4, 0.5) is 0 Å². The first kappa shape index (κ1) is 22.1. The fourth-order valence-electron chi connectivity index (χ4n) is 3.90. The van der Waals surface area contributed by atoms with Crippen molar-refractivity contribution < 1.29 is 13.2 Å². The van der Waals surface area contributed by atoms with E-state index in [-0.39, 0.29) is 27.2 Å². The van der Waals surface area contributed by atoms with Gasteiger partial charge in [0.15, 0.2) is 0 Å². The molecule has 0 spiro atoms. The quantitative estimate of drug-likeness (QED) is 0.385. The Morgan fingerprint density at radius 3 is 2.82 bits per heavy atom. The molecule has 4 aromatic heterocycles. The first-order valence-corrected chi connectivity index (χ1v) is 12.1. The molecule has 4 heterocycles. The van der Waals surface area contributed by atoms with Gasteiger partial charge in [0.05, 0.1) is 34.4 Å². The van der Waals surface area contributed by atoms with Crippen LogP contribution in [-0.4, -0.2) is 39.1 Å². The van der Waals surface area contributed by atoms with E-state index in [2.05, 4.69) is 25.5 Å². The molecule has 0 aliphatic carbocycles. The number of pyridine rings is 2. The van der Waals surface area contributed by atoms with Gasteiger partial charge in [-0.05, 0) is 48.9 Å². The molecule has 0 bridgehead atoms. The van der Waals surface area contributed by atoms with E-state index in [9.17, 15) is 13.2 Å². The Hall–Kier alpha value is -3.76. The predicted octanol–water partition coefficient (Wildman–Crippen LogP) is 3.57. The van der Waals surface area contributed by atoms with Gasteiger partial charge in [-0.15, -0.1) is 0 Å². The van der Waals surface area contributed by atoms with Crippen molar-refractivity contribution in [3.8, 4) is 0 Å². The highest BCUT2D eigenvalue weighted by Gasteiger charge is 2.28. The molecule has 0 radical (unpaired) electrons. The third-order valence-corrected chi connectivity index (χ3v) is 8.02.